The van der Waals surface area contributed by atoms with Crippen LogP contribution in [0.4, 0.5) is 13.2 Å². The Bertz CT molecular complexity index is 936. The Labute approximate surface area is 157 Å². The quantitative estimate of drug-likeness (QED) is 0.469. The maximum Gasteiger partial charge on any atom is 0.433 e. The maximum atomic E-state index is 13.5. The number of nitrogens with zero attached hydrogens (tertiary/aromatic N) is 4. The van der Waals surface area contributed by atoms with E-state index in [0.29, 0.717) is 15.8 Å². The lowest BCUT2D eigenvalue weighted by Crippen LogP contribution is -2.16. The van der Waals surface area contributed by atoms with E-state index in [9.17, 15) is 18.0 Å². The zero-order chi connectivity index (χ0) is 19.6. The number of alkyl halides is 3. The molecule has 0 saturated carbocycles. The molecule has 0 bridgehead atoms. The lowest BCUT2D eigenvalue weighted by atomic mass is 10.2. The molecule has 0 spiro atoms. The number of aromatic nitrogens is 3. The fourth-order valence-electron chi connectivity index (χ4n) is 2.48. The van der Waals surface area contributed by atoms with Crippen LogP contribution in [0.3, 0.4) is 0 Å². The highest BCUT2D eigenvalue weighted by molar-refractivity contribution is 7.13. The number of thiophene rings is 1. The molecule has 3 heterocycles. The number of ether oxygens (including phenoxy) is 1. The van der Waals surface area contributed by atoms with E-state index in [2.05, 4.69) is 10.1 Å². The summed E-state index contributed by atoms with van der Waals surface area (Å²) in [6.45, 7) is 0.881. The summed E-state index contributed by atoms with van der Waals surface area (Å²) >= 11 is 1.26. The van der Waals surface area contributed by atoms with Gasteiger partial charge in [0.1, 0.15) is 5.56 Å². The predicted octanol–water partition coefficient (Wildman–Crippen LogP) is 3.59. The smallest absolute Gasteiger partial charge is 0.433 e. The SMILES string of the molecule is CN(C)CCCOC(=O)c1cnn2c(C(F)(F)F)cc(-c3cccs3)nc12. The van der Waals surface area contributed by atoms with E-state index in [4.69, 9.17) is 4.74 Å². The minimum Gasteiger partial charge on any atom is -0.462 e. The molecule has 0 aliphatic heterocycles. The third kappa shape index (κ3) is 4.28. The van der Waals surface area contributed by atoms with Crippen LogP contribution in [0.15, 0.2) is 29.8 Å². The van der Waals surface area contributed by atoms with E-state index in [0.717, 1.165) is 18.8 Å². The molecule has 0 atom stereocenters. The molecule has 27 heavy (non-hydrogen) atoms. The third-order valence-corrected chi connectivity index (χ3v) is 4.63. The van der Waals surface area contributed by atoms with Crippen molar-refractivity contribution in [3.8, 4) is 10.6 Å². The molecule has 0 amide bonds. The molecule has 0 aliphatic carbocycles. The Morgan fingerprint density at radius 2 is 2.15 bits per heavy atom. The van der Waals surface area contributed by atoms with Gasteiger partial charge in [-0.1, -0.05) is 6.07 Å². The van der Waals surface area contributed by atoms with Crippen LogP contribution in [-0.4, -0.2) is 52.7 Å². The number of carbonyl (C=O) groups is 1. The Morgan fingerprint density at radius 1 is 1.37 bits per heavy atom. The maximum absolute atomic E-state index is 13.5. The third-order valence-electron chi connectivity index (χ3n) is 3.74. The lowest BCUT2D eigenvalue weighted by molar-refractivity contribution is -0.142. The predicted molar refractivity (Wildman–Crippen MR) is 94.8 cm³/mol. The zero-order valence-electron chi connectivity index (χ0n) is 14.7. The Hall–Kier alpha value is -2.46. The molecule has 144 valence electrons. The van der Waals surface area contributed by atoms with E-state index in [-0.39, 0.29) is 23.5 Å². The summed E-state index contributed by atoms with van der Waals surface area (Å²) in [7, 11) is 3.78. The summed E-state index contributed by atoms with van der Waals surface area (Å²) in [5, 5.41) is 5.45. The molecule has 0 unspecified atom stereocenters. The molecular formula is C17H17F3N4O2S. The van der Waals surface area contributed by atoms with Crippen molar-refractivity contribution in [1.29, 1.82) is 0 Å². The summed E-state index contributed by atoms with van der Waals surface area (Å²) in [6, 6.07) is 4.31. The van der Waals surface area contributed by atoms with Gasteiger partial charge < -0.3 is 9.64 Å². The normalized spacial score (nSPS) is 12.1. The minimum atomic E-state index is -4.65. The highest BCUT2D eigenvalue weighted by Gasteiger charge is 2.36. The van der Waals surface area contributed by atoms with Gasteiger partial charge in [-0.25, -0.2) is 14.3 Å². The molecule has 10 heteroatoms. The van der Waals surface area contributed by atoms with Crippen molar-refractivity contribution >= 4 is 23.0 Å². The molecule has 6 nitrogen and oxygen atoms in total. The average molecular weight is 398 g/mol. The standard InChI is InChI=1S/C17H17F3N4O2S/c1-23(2)6-4-7-26-16(25)11-10-21-24-14(17(18,19)20)9-12(22-15(11)24)13-5-3-8-27-13/h3,5,8-10H,4,6-7H2,1-2H3. The van der Waals surface area contributed by atoms with E-state index in [1.807, 2.05) is 19.0 Å². The van der Waals surface area contributed by atoms with Crippen LogP contribution in [0, 0.1) is 0 Å². The zero-order valence-corrected chi connectivity index (χ0v) is 15.5. The fraction of sp³-hybridized carbons (Fsp3) is 0.353. The number of rotatable bonds is 6. The Morgan fingerprint density at radius 3 is 2.78 bits per heavy atom. The topological polar surface area (TPSA) is 59.7 Å². The van der Waals surface area contributed by atoms with Gasteiger partial charge in [0, 0.05) is 6.54 Å². The van der Waals surface area contributed by atoms with Gasteiger partial charge in [0.25, 0.3) is 0 Å². The summed E-state index contributed by atoms with van der Waals surface area (Å²) in [5.74, 6) is -0.743. The van der Waals surface area contributed by atoms with Crippen molar-refractivity contribution < 1.29 is 22.7 Å². The van der Waals surface area contributed by atoms with Gasteiger partial charge in [-0.2, -0.15) is 18.3 Å². The van der Waals surface area contributed by atoms with Crippen molar-refractivity contribution in [3.63, 3.8) is 0 Å². The monoisotopic (exact) mass is 398 g/mol. The van der Waals surface area contributed by atoms with Crippen LogP contribution in [0.25, 0.3) is 16.2 Å². The van der Waals surface area contributed by atoms with Gasteiger partial charge in [-0.05, 0) is 38.0 Å². The number of esters is 1. The van der Waals surface area contributed by atoms with E-state index in [1.54, 1.807) is 17.5 Å². The number of hydrogen-bond donors (Lipinski definition) is 0. The highest BCUT2D eigenvalue weighted by Crippen LogP contribution is 2.33. The second kappa shape index (κ2) is 7.65. The molecule has 0 radical (unpaired) electrons. The number of halogens is 3. The molecule has 0 aliphatic rings. The molecule has 3 rings (SSSR count). The largest absolute Gasteiger partial charge is 0.462 e. The first kappa shape index (κ1) is 19.3. The molecule has 0 aromatic carbocycles. The van der Waals surface area contributed by atoms with E-state index >= 15 is 0 Å². The van der Waals surface area contributed by atoms with E-state index < -0.39 is 17.8 Å². The van der Waals surface area contributed by atoms with Gasteiger partial charge >= 0.3 is 12.1 Å². The second-order valence-corrected chi connectivity index (χ2v) is 7.04. The number of hydrogen-bond acceptors (Lipinski definition) is 6. The molecule has 0 N–H and O–H groups in total. The van der Waals surface area contributed by atoms with Crippen molar-refractivity contribution in [3.05, 3.63) is 41.0 Å². The van der Waals surface area contributed by atoms with Crippen LogP contribution in [0.1, 0.15) is 22.5 Å². The van der Waals surface area contributed by atoms with Crippen molar-refractivity contribution in [2.24, 2.45) is 0 Å². The van der Waals surface area contributed by atoms with Crippen molar-refractivity contribution in [2.45, 2.75) is 12.6 Å². The van der Waals surface area contributed by atoms with E-state index in [1.165, 1.54) is 11.3 Å². The minimum absolute atomic E-state index is 0.0937. The molecular weight excluding hydrogens is 381 g/mol. The number of fused-ring (bicyclic) bond motifs is 1. The van der Waals surface area contributed by atoms with Crippen molar-refractivity contribution in [1.82, 2.24) is 19.5 Å². The van der Waals surface area contributed by atoms with Gasteiger partial charge in [-0.15, -0.1) is 11.3 Å². The summed E-state index contributed by atoms with van der Waals surface area (Å²) in [5.41, 5.74) is -1.14. The van der Waals surface area contributed by atoms with Gasteiger partial charge in [0.05, 0.1) is 23.4 Å². The first-order chi connectivity index (χ1) is 12.8. The molecule has 0 fully saturated rings. The van der Waals surface area contributed by atoms with Crippen LogP contribution in [-0.2, 0) is 10.9 Å². The Kier molecular flexibility index (Phi) is 5.47. The molecule has 3 aromatic heterocycles. The van der Waals surface area contributed by atoms with Gasteiger partial charge in [-0.3, -0.25) is 0 Å². The van der Waals surface area contributed by atoms with Crippen LogP contribution < -0.4 is 0 Å². The molecule has 3 aromatic rings. The second-order valence-electron chi connectivity index (χ2n) is 6.09. The Balaban J connectivity index is 1.98. The fourth-order valence-corrected chi connectivity index (χ4v) is 3.17. The lowest BCUT2D eigenvalue weighted by Gasteiger charge is -2.11. The summed E-state index contributed by atoms with van der Waals surface area (Å²) in [4.78, 5) is 19.0. The number of carbonyl (C=O) groups excluding carboxylic acids is 1. The average Bonchev–Trinajstić information content (AvgIpc) is 3.25. The summed E-state index contributed by atoms with van der Waals surface area (Å²) < 4.78 is 46.2. The highest BCUT2D eigenvalue weighted by atomic mass is 32.1. The summed E-state index contributed by atoms with van der Waals surface area (Å²) in [6.07, 6.45) is -2.98. The van der Waals surface area contributed by atoms with Gasteiger partial charge in [0.15, 0.2) is 11.3 Å². The van der Waals surface area contributed by atoms with Crippen LogP contribution >= 0.6 is 11.3 Å². The van der Waals surface area contributed by atoms with Crippen LogP contribution in [0.5, 0.6) is 0 Å². The van der Waals surface area contributed by atoms with Crippen molar-refractivity contribution in [2.75, 3.05) is 27.2 Å². The first-order valence-corrected chi connectivity index (χ1v) is 8.97. The van der Waals surface area contributed by atoms with Crippen LogP contribution in [0.2, 0.25) is 0 Å². The van der Waals surface area contributed by atoms with Gasteiger partial charge in [0.2, 0.25) is 0 Å². The first-order valence-electron chi connectivity index (χ1n) is 8.09. The molecule has 0 saturated heterocycles.